The van der Waals surface area contributed by atoms with Crippen LogP contribution in [0.15, 0.2) is 36.5 Å². The Hall–Kier alpha value is -2.80. The van der Waals surface area contributed by atoms with E-state index in [1.807, 2.05) is 31.1 Å². The highest BCUT2D eigenvalue weighted by molar-refractivity contribution is 5.94. The van der Waals surface area contributed by atoms with Crippen molar-refractivity contribution in [1.29, 1.82) is 0 Å². The van der Waals surface area contributed by atoms with E-state index in [-0.39, 0.29) is 5.91 Å². The Balaban J connectivity index is 2.02. The molecule has 0 saturated carbocycles. The van der Waals surface area contributed by atoms with Crippen molar-refractivity contribution in [2.45, 2.75) is 0 Å². The summed E-state index contributed by atoms with van der Waals surface area (Å²) >= 11 is 0. The molecule has 7 nitrogen and oxygen atoms in total. The molecule has 7 heteroatoms. The van der Waals surface area contributed by atoms with Crippen LogP contribution in [0.1, 0.15) is 10.4 Å². The molecule has 1 heterocycles. The van der Waals surface area contributed by atoms with Crippen molar-refractivity contribution in [3.05, 3.63) is 42.1 Å². The number of amides is 1. The second kappa shape index (κ2) is 8.89. The van der Waals surface area contributed by atoms with Crippen molar-refractivity contribution in [2.75, 3.05) is 46.7 Å². The third kappa shape index (κ3) is 5.36. The van der Waals surface area contributed by atoms with E-state index in [9.17, 15) is 4.79 Å². The number of nitrogens with one attached hydrogen (secondary N) is 2. The minimum atomic E-state index is -0.136. The van der Waals surface area contributed by atoms with Crippen LogP contribution in [0, 0.1) is 0 Å². The van der Waals surface area contributed by atoms with Crippen molar-refractivity contribution in [1.82, 2.24) is 15.2 Å². The maximum absolute atomic E-state index is 12.0. The summed E-state index contributed by atoms with van der Waals surface area (Å²) in [6, 6.07) is 8.95. The van der Waals surface area contributed by atoms with Crippen molar-refractivity contribution in [2.24, 2.45) is 0 Å². The Bertz CT molecular complexity index is 702. The van der Waals surface area contributed by atoms with E-state index in [1.165, 1.54) is 0 Å². The maximum Gasteiger partial charge on any atom is 0.252 e. The first kappa shape index (κ1) is 18.5. The summed E-state index contributed by atoms with van der Waals surface area (Å²) in [5.41, 5.74) is 1.28. The van der Waals surface area contributed by atoms with Crippen LogP contribution in [0.2, 0.25) is 0 Å². The average Bonchev–Trinajstić information content (AvgIpc) is 2.62. The number of rotatable bonds is 8. The Kier molecular flexibility index (Phi) is 6.59. The van der Waals surface area contributed by atoms with Gasteiger partial charge in [0, 0.05) is 25.4 Å². The molecule has 0 fully saturated rings. The molecule has 1 aromatic heterocycles. The number of carbonyl (C=O) groups is 1. The standard InChI is InChI=1S/C18H24N4O3/c1-22(2)10-9-19-18(23)13-5-8-17(20-12-13)21-15-7-6-14(24-3)11-16(15)25-4/h5-8,11-12H,9-10H2,1-4H3,(H,19,23)(H,20,21). The van der Waals surface area contributed by atoms with Gasteiger partial charge in [-0.15, -0.1) is 0 Å². The maximum atomic E-state index is 12.0. The monoisotopic (exact) mass is 344 g/mol. The number of nitrogens with zero attached hydrogens (tertiary/aromatic N) is 2. The minimum absolute atomic E-state index is 0.136. The second-order valence-corrected chi connectivity index (χ2v) is 5.68. The minimum Gasteiger partial charge on any atom is -0.497 e. The van der Waals surface area contributed by atoms with Gasteiger partial charge >= 0.3 is 0 Å². The van der Waals surface area contributed by atoms with E-state index < -0.39 is 0 Å². The molecule has 0 aliphatic heterocycles. The second-order valence-electron chi connectivity index (χ2n) is 5.68. The van der Waals surface area contributed by atoms with Gasteiger partial charge in [-0.3, -0.25) is 4.79 Å². The van der Waals surface area contributed by atoms with Crippen LogP contribution in [-0.2, 0) is 0 Å². The van der Waals surface area contributed by atoms with Crippen molar-refractivity contribution < 1.29 is 14.3 Å². The topological polar surface area (TPSA) is 75.7 Å². The number of methoxy groups -OCH3 is 2. The Morgan fingerprint density at radius 2 is 1.96 bits per heavy atom. The van der Waals surface area contributed by atoms with Gasteiger partial charge in [-0.2, -0.15) is 0 Å². The van der Waals surface area contributed by atoms with E-state index in [1.54, 1.807) is 38.6 Å². The molecule has 2 rings (SSSR count). The van der Waals surface area contributed by atoms with Gasteiger partial charge in [-0.25, -0.2) is 4.98 Å². The molecule has 0 atom stereocenters. The van der Waals surface area contributed by atoms with Gasteiger partial charge in [-0.1, -0.05) is 0 Å². The van der Waals surface area contributed by atoms with E-state index in [2.05, 4.69) is 15.6 Å². The number of likely N-dealkylation sites (N-methyl/N-ethyl adjacent to an activating group) is 1. The molecule has 0 aliphatic rings. The first-order valence-corrected chi connectivity index (χ1v) is 7.91. The van der Waals surface area contributed by atoms with Gasteiger partial charge in [0.1, 0.15) is 17.3 Å². The molecular weight excluding hydrogens is 320 g/mol. The van der Waals surface area contributed by atoms with E-state index >= 15 is 0 Å². The molecule has 0 radical (unpaired) electrons. The van der Waals surface area contributed by atoms with Gasteiger partial charge in [0.2, 0.25) is 0 Å². The molecule has 0 aliphatic carbocycles. The average molecular weight is 344 g/mol. The smallest absolute Gasteiger partial charge is 0.252 e. The number of hydrogen-bond donors (Lipinski definition) is 2. The number of aromatic nitrogens is 1. The molecule has 0 saturated heterocycles. The van der Waals surface area contributed by atoms with E-state index in [0.717, 1.165) is 12.2 Å². The highest BCUT2D eigenvalue weighted by Crippen LogP contribution is 2.30. The Morgan fingerprint density at radius 1 is 1.16 bits per heavy atom. The number of pyridine rings is 1. The van der Waals surface area contributed by atoms with Crippen LogP contribution < -0.4 is 20.1 Å². The first-order chi connectivity index (χ1) is 12.0. The fourth-order valence-electron chi connectivity index (χ4n) is 2.14. The fourth-order valence-corrected chi connectivity index (χ4v) is 2.14. The molecule has 25 heavy (non-hydrogen) atoms. The largest absolute Gasteiger partial charge is 0.497 e. The highest BCUT2D eigenvalue weighted by Gasteiger charge is 2.08. The molecule has 2 N–H and O–H groups in total. The third-order valence-corrected chi connectivity index (χ3v) is 3.54. The molecule has 0 spiro atoms. The summed E-state index contributed by atoms with van der Waals surface area (Å²) in [6.45, 7) is 1.38. The van der Waals surface area contributed by atoms with Crippen molar-refractivity contribution >= 4 is 17.4 Å². The number of benzene rings is 1. The molecule has 134 valence electrons. The van der Waals surface area contributed by atoms with Crippen molar-refractivity contribution in [3.8, 4) is 11.5 Å². The first-order valence-electron chi connectivity index (χ1n) is 7.91. The lowest BCUT2D eigenvalue weighted by Gasteiger charge is -2.12. The fraction of sp³-hybridized carbons (Fsp3) is 0.333. The number of anilines is 2. The number of hydrogen-bond acceptors (Lipinski definition) is 6. The van der Waals surface area contributed by atoms with Crippen LogP contribution in [0.4, 0.5) is 11.5 Å². The van der Waals surface area contributed by atoms with Gasteiger partial charge in [0.15, 0.2) is 0 Å². The highest BCUT2D eigenvalue weighted by atomic mass is 16.5. The molecule has 0 bridgehead atoms. The normalized spacial score (nSPS) is 10.4. The van der Waals surface area contributed by atoms with E-state index in [0.29, 0.717) is 29.4 Å². The van der Waals surface area contributed by atoms with Crippen LogP contribution in [0.25, 0.3) is 0 Å². The van der Waals surface area contributed by atoms with Crippen molar-refractivity contribution in [3.63, 3.8) is 0 Å². The zero-order chi connectivity index (χ0) is 18.2. The third-order valence-electron chi connectivity index (χ3n) is 3.54. The molecule has 1 amide bonds. The summed E-state index contributed by atoms with van der Waals surface area (Å²) in [7, 11) is 7.11. The Morgan fingerprint density at radius 3 is 2.56 bits per heavy atom. The lowest BCUT2D eigenvalue weighted by atomic mass is 10.2. The number of ether oxygens (including phenoxy) is 2. The van der Waals surface area contributed by atoms with Crippen LogP contribution in [0.5, 0.6) is 11.5 Å². The molecule has 2 aromatic rings. The summed E-state index contributed by atoms with van der Waals surface area (Å²) in [4.78, 5) is 18.3. The van der Waals surface area contributed by atoms with Crippen LogP contribution >= 0.6 is 0 Å². The SMILES string of the molecule is COc1ccc(Nc2ccc(C(=O)NCCN(C)C)cn2)c(OC)c1. The van der Waals surface area contributed by atoms with Gasteiger partial charge in [0.05, 0.1) is 25.5 Å². The zero-order valence-electron chi connectivity index (χ0n) is 15.0. The predicted molar refractivity (Wildman–Crippen MR) is 98.0 cm³/mol. The molecular formula is C18H24N4O3. The van der Waals surface area contributed by atoms with Gasteiger partial charge in [-0.05, 0) is 38.4 Å². The summed E-state index contributed by atoms with van der Waals surface area (Å²) in [5.74, 6) is 1.84. The quantitative estimate of drug-likeness (QED) is 0.764. The summed E-state index contributed by atoms with van der Waals surface area (Å²) in [6.07, 6.45) is 1.54. The lowest BCUT2D eigenvalue weighted by Crippen LogP contribution is -2.31. The Labute approximate surface area is 148 Å². The predicted octanol–water partition coefficient (Wildman–Crippen LogP) is 2.13. The summed E-state index contributed by atoms with van der Waals surface area (Å²) < 4.78 is 10.5. The van der Waals surface area contributed by atoms with Gasteiger partial charge < -0.3 is 25.0 Å². The molecule has 0 unspecified atom stereocenters. The lowest BCUT2D eigenvalue weighted by molar-refractivity contribution is 0.0950. The van der Waals surface area contributed by atoms with Crippen LogP contribution in [-0.4, -0.2) is 57.2 Å². The number of carbonyl (C=O) groups excluding carboxylic acids is 1. The molecule has 1 aromatic carbocycles. The summed E-state index contributed by atoms with van der Waals surface area (Å²) in [5, 5.41) is 6.02. The van der Waals surface area contributed by atoms with Gasteiger partial charge in [0.25, 0.3) is 5.91 Å². The zero-order valence-corrected chi connectivity index (χ0v) is 15.0. The van der Waals surface area contributed by atoms with Crippen LogP contribution in [0.3, 0.4) is 0 Å². The van der Waals surface area contributed by atoms with E-state index in [4.69, 9.17) is 9.47 Å².